The Hall–Kier alpha value is -2.38. The molecule has 1 aliphatic rings. The van der Waals surface area contributed by atoms with Gasteiger partial charge in [-0.05, 0) is 51.3 Å². The van der Waals surface area contributed by atoms with Gasteiger partial charge in [-0.2, -0.15) is 8.78 Å². The average molecular weight is 413 g/mol. The van der Waals surface area contributed by atoms with Gasteiger partial charge in [-0.25, -0.2) is 0 Å². The first-order valence-electron chi connectivity index (χ1n) is 9.65. The molecule has 1 aromatic carbocycles. The zero-order chi connectivity index (χ0) is 21.7. The second-order valence-corrected chi connectivity index (χ2v) is 8.40. The van der Waals surface area contributed by atoms with Crippen LogP contribution in [-0.2, 0) is 20.9 Å². The molecule has 1 aliphatic carbocycles. The molecule has 1 amide bonds. The Kier molecular flexibility index (Phi) is 7.43. The predicted molar refractivity (Wildman–Crippen MR) is 103 cm³/mol. The highest BCUT2D eigenvalue weighted by molar-refractivity contribution is 5.86. The van der Waals surface area contributed by atoms with E-state index in [1.165, 1.54) is 25.3 Å². The van der Waals surface area contributed by atoms with Crippen LogP contribution in [0.25, 0.3) is 0 Å². The lowest BCUT2D eigenvalue weighted by molar-refractivity contribution is -0.159. The summed E-state index contributed by atoms with van der Waals surface area (Å²) >= 11 is 0. The van der Waals surface area contributed by atoms with E-state index in [9.17, 15) is 18.4 Å². The number of hydrogen-bond acceptors (Lipinski definition) is 5. The quantitative estimate of drug-likeness (QED) is 0.647. The molecule has 29 heavy (non-hydrogen) atoms. The number of rotatable bonds is 8. The van der Waals surface area contributed by atoms with Gasteiger partial charge >= 0.3 is 12.6 Å². The van der Waals surface area contributed by atoms with Crippen LogP contribution in [0, 0.1) is 5.41 Å². The number of esters is 1. The lowest BCUT2D eigenvalue weighted by atomic mass is 9.82. The monoisotopic (exact) mass is 413 g/mol. The van der Waals surface area contributed by atoms with Gasteiger partial charge in [-0.3, -0.25) is 9.59 Å². The lowest BCUT2D eigenvalue weighted by Crippen LogP contribution is -2.44. The van der Waals surface area contributed by atoms with Gasteiger partial charge in [0.15, 0.2) is 11.5 Å². The van der Waals surface area contributed by atoms with Crippen molar-refractivity contribution in [2.24, 2.45) is 5.41 Å². The van der Waals surface area contributed by atoms with Crippen molar-refractivity contribution in [3.05, 3.63) is 23.8 Å². The molecule has 1 fully saturated rings. The standard InChI is InChI=1S/C21H29F2NO5/c1-20(2,3)24-17(25)12-21(9-5-6-10-21)18(26)28-13-14-7-8-15(29-19(22)23)16(11-14)27-4/h7-8,11,19H,5-6,9-10,12-13H2,1-4H3,(H,24,25). The van der Waals surface area contributed by atoms with Crippen LogP contribution in [0.5, 0.6) is 11.5 Å². The van der Waals surface area contributed by atoms with E-state index in [2.05, 4.69) is 10.1 Å². The average Bonchev–Trinajstić information content (AvgIpc) is 3.07. The summed E-state index contributed by atoms with van der Waals surface area (Å²) < 4.78 is 39.8. The smallest absolute Gasteiger partial charge is 0.387 e. The largest absolute Gasteiger partial charge is 0.493 e. The van der Waals surface area contributed by atoms with E-state index >= 15 is 0 Å². The number of carbonyl (C=O) groups excluding carboxylic acids is 2. The maximum atomic E-state index is 12.9. The molecule has 1 aromatic rings. The van der Waals surface area contributed by atoms with Crippen molar-refractivity contribution in [3.63, 3.8) is 0 Å². The molecule has 6 nitrogen and oxygen atoms in total. The summed E-state index contributed by atoms with van der Waals surface area (Å²) in [5.41, 5.74) is -0.624. The van der Waals surface area contributed by atoms with Gasteiger partial charge in [-0.15, -0.1) is 0 Å². The van der Waals surface area contributed by atoms with Crippen LogP contribution >= 0.6 is 0 Å². The Balaban J connectivity index is 2.04. The summed E-state index contributed by atoms with van der Waals surface area (Å²) in [7, 11) is 1.34. The topological polar surface area (TPSA) is 73.9 Å². The molecule has 0 bridgehead atoms. The molecule has 162 valence electrons. The van der Waals surface area contributed by atoms with E-state index in [0.717, 1.165) is 12.8 Å². The highest BCUT2D eigenvalue weighted by Crippen LogP contribution is 2.42. The summed E-state index contributed by atoms with van der Waals surface area (Å²) in [4.78, 5) is 25.2. The van der Waals surface area contributed by atoms with Crippen molar-refractivity contribution in [2.75, 3.05) is 7.11 Å². The Bertz CT molecular complexity index is 724. The van der Waals surface area contributed by atoms with Gasteiger partial charge in [-0.1, -0.05) is 18.9 Å². The molecule has 1 N–H and O–H groups in total. The van der Waals surface area contributed by atoms with Gasteiger partial charge in [0.1, 0.15) is 6.61 Å². The Labute approximate surface area is 169 Å². The molecule has 2 rings (SSSR count). The SMILES string of the molecule is COc1cc(COC(=O)C2(CC(=O)NC(C)(C)C)CCCC2)ccc1OC(F)F. The molecular formula is C21H29F2NO5. The lowest BCUT2D eigenvalue weighted by Gasteiger charge is -2.28. The maximum Gasteiger partial charge on any atom is 0.387 e. The fourth-order valence-corrected chi connectivity index (χ4v) is 3.57. The van der Waals surface area contributed by atoms with Gasteiger partial charge in [0.2, 0.25) is 5.91 Å². The number of amides is 1. The second kappa shape index (κ2) is 9.41. The molecule has 0 unspecified atom stereocenters. The summed E-state index contributed by atoms with van der Waals surface area (Å²) in [6.07, 6.45) is 3.03. The fourth-order valence-electron chi connectivity index (χ4n) is 3.57. The molecule has 0 aliphatic heterocycles. The fraction of sp³-hybridized carbons (Fsp3) is 0.619. The van der Waals surface area contributed by atoms with Gasteiger partial charge in [0.25, 0.3) is 0 Å². The van der Waals surface area contributed by atoms with Gasteiger partial charge in [0, 0.05) is 12.0 Å². The molecule has 0 saturated heterocycles. The van der Waals surface area contributed by atoms with E-state index in [0.29, 0.717) is 18.4 Å². The van der Waals surface area contributed by atoms with Crippen LogP contribution < -0.4 is 14.8 Å². The number of alkyl halides is 2. The number of ether oxygens (including phenoxy) is 3. The van der Waals surface area contributed by atoms with Crippen LogP contribution in [0.2, 0.25) is 0 Å². The zero-order valence-corrected chi connectivity index (χ0v) is 17.3. The maximum absolute atomic E-state index is 12.9. The van der Waals surface area contributed by atoms with Crippen molar-refractivity contribution < 1.29 is 32.6 Å². The summed E-state index contributed by atoms with van der Waals surface area (Å²) in [5.74, 6) is -0.555. The molecule has 0 heterocycles. The van der Waals surface area contributed by atoms with Crippen molar-refractivity contribution in [3.8, 4) is 11.5 Å². The molecule has 8 heteroatoms. The summed E-state index contributed by atoms with van der Waals surface area (Å²) in [6, 6.07) is 4.36. The molecule has 0 aromatic heterocycles. The van der Waals surface area contributed by atoms with E-state index in [1.807, 2.05) is 20.8 Å². The third-order valence-electron chi connectivity index (χ3n) is 4.82. The minimum absolute atomic E-state index is 0.0488. The summed E-state index contributed by atoms with van der Waals surface area (Å²) in [6.45, 7) is 2.65. The number of carbonyl (C=O) groups is 2. The zero-order valence-electron chi connectivity index (χ0n) is 17.3. The number of halogens is 2. The van der Waals surface area contributed by atoms with Crippen LogP contribution in [-0.4, -0.2) is 31.1 Å². The van der Waals surface area contributed by atoms with Crippen LogP contribution in [0.15, 0.2) is 18.2 Å². The Morgan fingerprint density at radius 2 is 1.83 bits per heavy atom. The normalized spacial score (nSPS) is 15.8. The van der Waals surface area contributed by atoms with Gasteiger partial charge < -0.3 is 19.5 Å². The van der Waals surface area contributed by atoms with Crippen LogP contribution in [0.1, 0.15) is 58.4 Å². The van der Waals surface area contributed by atoms with Crippen LogP contribution in [0.4, 0.5) is 8.78 Å². The number of hydrogen-bond donors (Lipinski definition) is 1. The molecule has 0 radical (unpaired) electrons. The predicted octanol–water partition coefficient (Wildman–Crippen LogP) is 4.21. The first-order chi connectivity index (χ1) is 13.5. The second-order valence-electron chi connectivity index (χ2n) is 8.40. The van der Waals surface area contributed by atoms with Crippen molar-refractivity contribution in [2.45, 2.75) is 71.6 Å². The molecular weight excluding hydrogens is 384 g/mol. The van der Waals surface area contributed by atoms with E-state index in [-0.39, 0.29) is 36.0 Å². The Morgan fingerprint density at radius 3 is 2.38 bits per heavy atom. The first kappa shape index (κ1) is 22.9. The molecule has 0 spiro atoms. The molecule has 0 atom stereocenters. The van der Waals surface area contributed by atoms with Crippen LogP contribution in [0.3, 0.4) is 0 Å². The highest BCUT2D eigenvalue weighted by Gasteiger charge is 2.44. The van der Waals surface area contributed by atoms with E-state index in [1.54, 1.807) is 0 Å². The molecule has 1 saturated carbocycles. The van der Waals surface area contributed by atoms with Crippen molar-refractivity contribution >= 4 is 11.9 Å². The third kappa shape index (κ3) is 6.58. The number of nitrogens with one attached hydrogen (secondary N) is 1. The van der Waals surface area contributed by atoms with E-state index in [4.69, 9.17) is 9.47 Å². The van der Waals surface area contributed by atoms with Crippen molar-refractivity contribution in [1.82, 2.24) is 5.32 Å². The highest BCUT2D eigenvalue weighted by atomic mass is 19.3. The minimum Gasteiger partial charge on any atom is -0.493 e. The number of methoxy groups -OCH3 is 1. The Morgan fingerprint density at radius 1 is 1.17 bits per heavy atom. The van der Waals surface area contributed by atoms with E-state index < -0.39 is 18.0 Å². The summed E-state index contributed by atoms with van der Waals surface area (Å²) in [5, 5.41) is 2.90. The minimum atomic E-state index is -2.96. The third-order valence-corrected chi connectivity index (χ3v) is 4.82. The van der Waals surface area contributed by atoms with Gasteiger partial charge in [0.05, 0.1) is 12.5 Å². The van der Waals surface area contributed by atoms with Crippen molar-refractivity contribution in [1.29, 1.82) is 0 Å². The first-order valence-corrected chi connectivity index (χ1v) is 9.65. The number of benzene rings is 1.